The molecule has 7 nitrogen and oxygen atoms in total. The van der Waals surface area contributed by atoms with Crippen LogP contribution in [-0.4, -0.2) is 23.2 Å². The van der Waals surface area contributed by atoms with Crippen LogP contribution in [0.15, 0.2) is 47.5 Å². The zero-order valence-electron chi connectivity index (χ0n) is 14.1. The normalized spacial score (nSPS) is 13.0. The molecule has 1 aromatic heterocycles. The predicted octanol–water partition coefficient (Wildman–Crippen LogP) is 3.78. The lowest BCUT2D eigenvalue weighted by Gasteiger charge is -2.19. The third-order valence-corrected chi connectivity index (χ3v) is 3.93. The molecule has 4 rings (SSSR count). The summed E-state index contributed by atoms with van der Waals surface area (Å²) in [5, 5.41) is 19.4. The summed E-state index contributed by atoms with van der Waals surface area (Å²) in [6.45, 7) is 0.362. The number of nitriles is 1. The molecule has 0 amide bonds. The van der Waals surface area contributed by atoms with E-state index in [9.17, 15) is 9.65 Å². The Morgan fingerprint density at radius 1 is 1.30 bits per heavy atom. The molecular formula is C19H14FN5O2. The molecule has 0 unspecified atom stereocenters. The zero-order chi connectivity index (χ0) is 18.6. The summed E-state index contributed by atoms with van der Waals surface area (Å²) in [4.78, 5) is 4.24. The maximum atomic E-state index is 13.8. The molecule has 0 saturated heterocycles. The molecule has 1 aliphatic heterocycles. The lowest BCUT2D eigenvalue weighted by atomic mass is 10.1. The first-order valence-electron chi connectivity index (χ1n) is 8.12. The molecule has 2 heterocycles. The van der Waals surface area contributed by atoms with E-state index in [4.69, 9.17) is 9.47 Å². The minimum absolute atomic E-state index is 0.0937. The number of ether oxygens (including phenoxy) is 2. The van der Waals surface area contributed by atoms with Gasteiger partial charge < -0.3 is 14.8 Å². The second kappa shape index (κ2) is 7.27. The maximum absolute atomic E-state index is 13.8. The Labute approximate surface area is 154 Å². The van der Waals surface area contributed by atoms with E-state index in [0.29, 0.717) is 22.7 Å². The van der Waals surface area contributed by atoms with Crippen LogP contribution in [0, 0.1) is 17.1 Å². The average molecular weight is 363 g/mol. The Kier molecular flexibility index (Phi) is 4.51. The van der Waals surface area contributed by atoms with Crippen molar-refractivity contribution in [2.75, 3.05) is 12.1 Å². The number of hydrogen-bond acceptors (Lipinski definition) is 6. The molecular weight excluding hydrogens is 349 g/mol. The highest BCUT2D eigenvalue weighted by atomic mass is 19.1. The van der Waals surface area contributed by atoms with Crippen molar-refractivity contribution in [1.29, 1.82) is 5.26 Å². The SMILES string of the molecule is N#Cc1c(N=Cc2cc(F)cc3c2OCOC3)n[nH]c1Nc1ccccc1. The Balaban J connectivity index is 1.64. The van der Waals surface area contributed by atoms with Gasteiger partial charge in [0.15, 0.2) is 12.6 Å². The van der Waals surface area contributed by atoms with E-state index in [1.807, 2.05) is 30.3 Å². The van der Waals surface area contributed by atoms with Gasteiger partial charge in [-0.05, 0) is 24.3 Å². The molecule has 0 aliphatic carbocycles. The number of aromatic nitrogens is 2. The molecule has 0 fully saturated rings. The van der Waals surface area contributed by atoms with E-state index in [1.54, 1.807) is 0 Å². The molecule has 0 spiro atoms. The Bertz CT molecular complexity index is 1040. The van der Waals surface area contributed by atoms with Gasteiger partial charge in [0.05, 0.1) is 6.61 Å². The minimum atomic E-state index is -0.418. The minimum Gasteiger partial charge on any atom is -0.466 e. The van der Waals surface area contributed by atoms with Gasteiger partial charge in [-0.25, -0.2) is 9.38 Å². The summed E-state index contributed by atoms with van der Waals surface area (Å²) in [6.07, 6.45) is 1.43. The monoisotopic (exact) mass is 363 g/mol. The van der Waals surface area contributed by atoms with E-state index >= 15 is 0 Å². The lowest BCUT2D eigenvalue weighted by molar-refractivity contribution is -0.0166. The van der Waals surface area contributed by atoms with Crippen molar-refractivity contribution < 1.29 is 13.9 Å². The standard InChI is InChI=1S/C19H14FN5O2/c20-14-6-12(17-13(7-14)10-26-11-27-17)9-22-18-16(8-21)19(25-24-18)23-15-4-2-1-3-5-15/h1-7,9H,10-11H2,(H2,23,24,25). The van der Waals surface area contributed by atoms with E-state index in [2.05, 4.69) is 26.6 Å². The van der Waals surface area contributed by atoms with Gasteiger partial charge in [0.2, 0.25) is 0 Å². The molecule has 0 saturated carbocycles. The second-order valence-electron chi connectivity index (χ2n) is 5.75. The fourth-order valence-electron chi connectivity index (χ4n) is 2.72. The largest absolute Gasteiger partial charge is 0.466 e. The summed E-state index contributed by atoms with van der Waals surface area (Å²) in [6, 6.07) is 14.1. The van der Waals surface area contributed by atoms with Crippen molar-refractivity contribution in [1.82, 2.24) is 10.2 Å². The molecule has 1 aliphatic rings. The molecule has 134 valence electrons. The number of nitrogens with zero attached hydrogens (tertiary/aromatic N) is 3. The lowest BCUT2D eigenvalue weighted by Crippen LogP contribution is -2.13. The number of anilines is 2. The van der Waals surface area contributed by atoms with Gasteiger partial charge in [-0.2, -0.15) is 10.4 Å². The van der Waals surface area contributed by atoms with Crippen LogP contribution in [0.2, 0.25) is 0 Å². The van der Waals surface area contributed by atoms with Gasteiger partial charge in [-0.15, -0.1) is 0 Å². The van der Waals surface area contributed by atoms with Gasteiger partial charge in [0.1, 0.15) is 29.0 Å². The Hall–Kier alpha value is -3.70. The second-order valence-corrected chi connectivity index (χ2v) is 5.75. The number of rotatable bonds is 4. The third kappa shape index (κ3) is 3.49. The van der Waals surface area contributed by atoms with E-state index in [1.165, 1.54) is 18.3 Å². The summed E-state index contributed by atoms with van der Waals surface area (Å²) in [7, 11) is 0. The van der Waals surface area contributed by atoms with Crippen molar-refractivity contribution in [2.45, 2.75) is 6.61 Å². The highest BCUT2D eigenvalue weighted by Crippen LogP contribution is 2.30. The first-order chi connectivity index (χ1) is 13.2. The Morgan fingerprint density at radius 2 is 2.15 bits per heavy atom. The number of H-pyrrole nitrogens is 1. The van der Waals surface area contributed by atoms with Gasteiger partial charge >= 0.3 is 0 Å². The molecule has 0 radical (unpaired) electrons. The van der Waals surface area contributed by atoms with Crippen molar-refractivity contribution in [3.05, 3.63) is 65.0 Å². The summed E-state index contributed by atoms with van der Waals surface area (Å²) in [5.74, 6) is 0.726. The zero-order valence-corrected chi connectivity index (χ0v) is 14.1. The first-order valence-corrected chi connectivity index (χ1v) is 8.12. The van der Waals surface area contributed by atoms with Gasteiger partial charge in [-0.3, -0.25) is 5.10 Å². The number of aromatic amines is 1. The van der Waals surface area contributed by atoms with E-state index in [-0.39, 0.29) is 24.8 Å². The van der Waals surface area contributed by atoms with Crippen LogP contribution in [0.4, 0.5) is 21.7 Å². The van der Waals surface area contributed by atoms with Gasteiger partial charge in [0.25, 0.3) is 0 Å². The first kappa shape index (κ1) is 16.8. The van der Waals surface area contributed by atoms with Crippen LogP contribution < -0.4 is 10.1 Å². The van der Waals surface area contributed by atoms with Crippen molar-refractivity contribution in [3.63, 3.8) is 0 Å². The number of fused-ring (bicyclic) bond motifs is 1. The quantitative estimate of drug-likeness (QED) is 0.688. The maximum Gasteiger partial charge on any atom is 0.193 e. The summed E-state index contributed by atoms with van der Waals surface area (Å²) < 4.78 is 24.4. The predicted molar refractivity (Wildman–Crippen MR) is 97.0 cm³/mol. The molecule has 0 atom stereocenters. The fraction of sp³-hybridized carbons (Fsp3) is 0.105. The summed E-state index contributed by atoms with van der Waals surface area (Å²) in [5.41, 5.74) is 2.12. The van der Waals surface area contributed by atoms with Crippen LogP contribution in [-0.2, 0) is 11.3 Å². The van der Waals surface area contributed by atoms with E-state index in [0.717, 1.165) is 5.69 Å². The van der Waals surface area contributed by atoms with Crippen LogP contribution >= 0.6 is 0 Å². The van der Waals surface area contributed by atoms with Crippen molar-refractivity contribution in [3.8, 4) is 11.8 Å². The van der Waals surface area contributed by atoms with Crippen molar-refractivity contribution in [2.24, 2.45) is 4.99 Å². The average Bonchev–Trinajstić information content (AvgIpc) is 3.08. The highest BCUT2D eigenvalue weighted by Gasteiger charge is 2.17. The Morgan fingerprint density at radius 3 is 2.96 bits per heavy atom. The molecule has 0 bridgehead atoms. The smallest absolute Gasteiger partial charge is 0.193 e. The van der Waals surface area contributed by atoms with Gasteiger partial charge in [0, 0.05) is 23.0 Å². The molecule has 2 aromatic carbocycles. The number of aliphatic imine (C=N–C) groups is 1. The number of para-hydroxylation sites is 1. The third-order valence-electron chi connectivity index (χ3n) is 3.93. The summed E-state index contributed by atoms with van der Waals surface area (Å²) >= 11 is 0. The fourth-order valence-corrected chi connectivity index (χ4v) is 2.72. The molecule has 3 aromatic rings. The van der Waals surface area contributed by atoms with Crippen LogP contribution in [0.5, 0.6) is 5.75 Å². The molecule has 8 heteroatoms. The highest BCUT2D eigenvalue weighted by molar-refractivity contribution is 5.87. The van der Waals surface area contributed by atoms with Crippen LogP contribution in [0.3, 0.4) is 0 Å². The van der Waals surface area contributed by atoms with Crippen molar-refractivity contribution >= 4 is 23.5 Å². The van der Waals surface area contributed by atoms with Crippen LogP contribution in [0.25, 0.3) is 0 Å². The van der Waals surface area contributed by atoms with Crippen LogP contribution in [0.1, 0.15) is 16.7 Å². The number of hydrogen-bond donors (Lipinski definition) is 2. The topological polar surface area (TPSA) is 95.3 Å². The number of nitrogens with one attached hydrogen (secondary N) is 2. The van der Waals surface area contributed by atoms with E-state index < -0.39 is 5.82 Å². The molecule has 27 heavy (non-hydrogen) atoms. The number of benzene rings is 2. The number of halogens is 1. The molecule has 2 N–H and O–H groups in total. The van der Waals surface area contributed by atoms with Gasteiger partial charge in [-0.1, -0.05) is 18.2 Å².